The highest BCUT2D eigenvalue weighted by molar-refractivity contribution is 5.30. The van der Waals surface area contributed by atoms with Crippen molar-refractivity contribution in [3.63, 3.8) is 0 Å². The number of unbranched alkanes of at least 4 members (excludes halogenated alkanes) is 3. The van der Waals surface area contributed by atoms with Gasteiger partial charge in [-0.2, -0.15) is 0 Å². The quantitative estimate of drug-likeness (QED) is 0.501. The summed E-state index contributed by atoms with van der Waals surface area (Å²) >= 11 is 0. The Kier molecular flexibility index (Phi) is 5.85. The topological polar surface area (TPSA) is 12.0 Å². The van der Waals surface area contributed by atoms with Gasteiger partial charge < -0.3 is 5.32 Å². The highest BCUT2D eigenvalue weighted by Gasteiger charge is 2.44. The van der Waals surface area contributed by atoms with Crippen LogP contribution in [0.1, 0.15) is 56.9 Å². The molecule has 1 aromatic carbocycles. The molecule has 20 heavy (non-hydrogen) atoms. The lowest BCUT2D eigenvalue weighted by Crippen LogP contribution is -2.51. The number of hydrogen-bond donors (Lipinski definition) is 1. The third-order valence-corrected chi connectivity index (χ3v) is 5.01. The molecule has 2 rings (SSSR count). The van der Waals surface area contributed by atoms with Gasteiger partial charge in [0.15, 0.2) is 0 Å². The first-order valence-corrected chi connectivity index (χ1v) is 8.17. The van der Waals surface area contributed by atoms with E-state index in [0.717, 1.165) is 6.42 Å². The minimum atomic E-state index is 0.397. The Morgan fingerprint density at radius 3 is 2.50 bits per heavy atom. The highest BCUT2D eigenvalue weighted by atomic mass is 14.9. The van der Waals surface area contributed by atoms with E-state index in [9.17, 15) is 0 Å². The van der Waals surface area contributed by atoms with Gasteiger partial charge in [0.25, 0.3) is 0 Å². The average Bonchev–Trinajstić information content (AvgIpc) is 2.45. The van der Waals surface area contributed by atoms with E-state index in [-0.39, 0.29) is 0 Å². The first-order valence-electron chi connectivity index (χ1n) is 8.17. The zero-order chi connectivity index (χ0) is 14.3. The van der Waals surface area contributed by atoms with Crippen molar-refractivity contribution in [2.24, 2.45) is 0 Å². The van der Waals surface area contributed by atoms with Gasteiger partial charge in [-0.05, 0) is 44.7 Å². The molecule has 1 atom stereocenters. The molecule has 1 fully saturated rings. The third-order valence-electron chi connectivity index (χ3n) is 5.01. The molecule has 0 heterocycles. The third kappa shape index (κ3) is 3.32. The summed E-state index contributed by atoms with van der Waals surface area (Å²) in [7, 11) is 2.14. The van der Waals surface area contributed by atoms with Gasteiger partial charge in [0.05, 0.1) is 0 Å². The van der Waals surface area contributed by atoms with Crippen LogP contribution in [0.3, 0.4) is 0 Å². The Balaban J connectivity index is 1.95. The van der Waals surface area contributed by atoms with Crippen molar-refractivity contribution >= 4 is 0 Å². The van der Waals surface area contributed by atoms with Gasteiger partial charge >= 0.3 is 0 Å². The normalized spacial score (nSPS) is 18.2. The van der Waals surface area contributed by atoms with Crippen LogP contribution in [0.5, 0.6) is 0 Å². The lowest BCUT2D eigenvalue weighted by molar-refractivity contribution is 0.165. The predicted octanol–water partition coefficient (Wildman–Crippen LogP) is 4.83. The summed E-state index contributed by atoms with van der Waals surface area (Å²) in [5.41, 5.74) is 1.94. The molecule has 1 heteroatoms. The maximum Gasteiger partial charge on any atom is 0.0161 e. The lowest BCUT2D eigenvalue weighted by atomic mass is 9.59. The van der Waals surface area contributed by atoms with E-state index in [0.29, 0.717) is 11.5 Å². The standard InChI is InChI=1S/C19H29N/c1-3-4-5-6-10-14-18(20-2)19(15-11-16-19)17-12-8-7-9-13-17/h3,7-9,12-13,18,20H,1,4-6,10-11,14-16H2,2H3. The largest absolute Gasteiger partial charge is 0.316 e. The van der Waals surface area contributed by atoms with Crippen LogP contribution in [0.4, 0.5) is 0 Å². The van der Waals surface area contributed by atoms with Gasteiger partial charge in [-0.15, -0.1) is 6.58 Å². The van der Waals surface area contributed by atoms with Crippen LogP contribution in [-0.2, 0) is 5.41 Å². The van der Waals surface area contributed by atoms with E-state index in [1.807, 2.05) is 6.08 Å². The maximum absolute atomic E-state index is 3.80. The highest BCUT2D eigenvalue weighted by Crippen LogP contribution is 2.47. The Bertz CT molecular complexity index is 391. The zero-order valence-corrected chi connectivity index (χ0v) is 12.9. The SMILES string of the molecule is C=CCCCCCC(NC)C1(c2ccccc2)CCC1. The molecule has 1 unspecified atom stereocenters. The molecule has 0 aromatic heterocycles. The Labute approximate surface area is 124 Å². The molecular weight excluding hydrogens is 242 g/mol. The molecule has 0 aliphatic heterocycles. The predicted molar refractivity (Wildman–Crippen MR) is 88.1 cm³/mol. The first kappa shape index (κ1) is 15.3. The van der Waals surface area contributed by atoms with Crippen molar-refractivity contribution in [1.29, 1.82) is 0 Å². The summed E-state index contributed by atoms with van der Waals surface area (Å²) in [5.74, 6) is 0. The fourth-order valence-electron chi connectivity index (χ4n) is 3.68. The molecular formula is C19H29N. The van der Waals surface area contributed by atoms with Gasteiger partial charge in [0.2, 0.25) is 0 Å². The molecule has 1 saturated carbocycles. The molecule has 1 aliphatic rings. The molecule has 0 saturated heterocycles. The molecule has 110 valence electrons. The van der Waals surface area contributed by atoms with Gasteiger partial charge in [0, 0.05) is 11.5 Å². The van der Waals surface area contributed by atoms with E-state index in [1.54, 1.807) is 0 Å². The number of allylic oxidation sites excluding steroid dienone is 1. The summed E-state index contributed by atoms with van der Waals surface area (Å²) in [6.07, 6.45) is 12.5. The molecule has 1 aliphatic carbocycles. The number of benzene rings is 1. The van der Waals surface area contributed by atoms with Crippen LogP contribution in [0.2, 0.25) is 0 Å². The van der Waals surface area contributed by atoms with E-state index >= 15 is 0 Å². The molecule has 1 nitrogen and oxygen atoms in total. The summed E-state index contributed by atoms with van der Waals surface area (Å²) < 4.78 is 0. The molecule has 0 spiro atoms. The summed E-state index contributed by atoms with van der Waals surface area (Å²) in [5, 5.41) is 3.61. The van der Waals surface area contributed by atoms with Gasteiger partial charge in [0.1, 0.15) is 0 Å². The van der Waals surface area contributed by atoms with Gasteiger partial charge in [-0.25, -0.2) is 0 Å². The van der Waals surface area contributed by atoms with E-state index in [4.69, 9.17) is 0 Å². The van der Waals surface area contributed by atoms with Gasteiger partial charge in [-0.1, -0.05) is 55.7 Å². The Hall–Kier alpha value is -1.08. The van der Waals surface area contributed by atoms with Crippen molar-refractivity contribution in [2.75, 3.05) is 7.05 Å². The second-order valence-electron chi connectivity index (χ2n) is 6.14. The van der Waals surface area contributed by atoms with Crippen LogP contribution in [0, 0.1) is 0 Å². The first-order chi connectivity index (χ1) is 9.83. The van der Waals surface area contributed by atoms with Crippen molar-refractivity contribution in [3.05, 3.63) is 48.6 Å². The molecule has 0 amide bonds. The monoisotopic (exact) mass is 271 g/mol. The van der Waals surface area contributed by atoms with Crippen molar-refractivity contribution in [3.8, 4) is 0 Å². The van der Waals surface area contributed by atoms with Crippen LogP contribution < -0.4 is 5.32 Å². The van der Waals surface area contributed by atoms with Crippen LogP contribution in [-0.4, -0.2) is 13.1 Å². The molecule has 0 radical (unpaired) electrons. The molecule has 1 N–H and O–H groups in total. The fourth-order valence-corrected chi connectivity index (χ4v) is 3.68. The van der Waals surface area contributed by atoms with E-state index in [2.05, 4.69) is 49.3 Å². The van der Waals surface area contributed by atoms with E-state index < -0.39 is 0 Å². The molecule has 0 bridgehead atoms. The van der Waals surface area contributed by atoms with Crippen molar-refractivity contribution < 1.29 is 0 Å². The average molecular weight is 271 g/mol. The summed E-state index contributed by atoms with van der Waals surface area (Å²) in [4.78, 5) is 0. The lowest BCUT2D eigenvalue weighted by Gasteiger charge is -2.48. The van der Waals surface area contributed by atoms with Crippen LogP contribution in [0.25, 0.3) is 0 Å². The summed E-state index contributed by atoms with van der Waals surface area (Å²) in [6.45, 7) is 3.80. The van der Waals surface area contributed by atoms with Gasteiger partial charge in [-0.3, -0.25) is 0 Å². The Morgan fingerprint density at radius 1 is 1.20 bits per heavy atom. The Morgan fingerprint density at radius 2 is 1.95 bits per heavy atom. The number of likely N-dealkylation sites (N-methyl/N-ethyl adjacent to an activating group) is 1. The molecule has 1 aromatic rings. The van der Waals surface area contributed by atoms with Crippen LogP contribution >= 0.6 is 0 Å². The minimum absolute atomic E-state index is 0.397. The number of rotatable bonds is 9. The summed E-state index contributed by atoms with van der Waals surface area (Å²) in [6, 6.07) is 11.8. The second kappa shape index (κ2) is 7.64. The zero-order valence-electron chi connectivity index (χ0n) is 12.9. The maximum atomic E-state index is 3.80. The number of nitrogens with one attached hydrogen (secondary N) is 1. The van der Waals surface area contributed by atoms with Crippen molar-refractivity contribution in [2.45, 2.75) is 62.8 Å². The van der Waals surface area contributed by atoms with E-state index in [1.165, 1.54) is 50.5 Å². The smallest absolute Gasteiger partial charge is 0.0161 e. The van der Waals surface area contributed by atoms with Crippen LogP contribution in [0.15, 0.2) is 43.0 Å². The second-order valence-corrected chi connectivity index (χ2v) is 6.14. The number of hydrogen-bond acceptors (Lipinski definition) is 1. The minimum Gasteiger partial charge on any atom is -0.316 e. The fraction of sp³-hybridized carbons (Fsp3) is 0.579. The van der Waals surface area contributed by atoms with Crippen molar-refractivity contribution in [1.82, 2.24) is 5.32 Å².